The molecule has 0 amide bonds. The topological polar surface area (TPSA) is 33.1 Å². The van der Waals surface area contributed by atoms with Gasteiger partial charge in [0.15, 0.2) is 3.92 Å². The van der Waals surface area contributed by atoms with Crippen LogP contribution < -0.4 is 0 Å². The lowest BCUT2D eigenvalue weighted by atomic mass is 10.2. The molecule has 0 aliphatic heterocycles. The second-order valence-electron chi connectivity index (χ2n) is 1.94. The number of aliphatic hydroxyl groups excluding tert-OH is 1. The van der Waals surface area contributed by atoms with Gasteiger partial charge >= 0.3 is 0 Å². The Labute approximate surface area is 72.0 Å². The van der Waals surface area contributed by atoms with Gasteiger partial charge in [-0.1, -0.05) is 6.92 Å². The van der Waals surface area contributed by atoms with Crippen LogP contribution in [0.15, 0.2) is 10.1 Å². The molecular formula is C6H8BrNOS. The van der Waals surface area contributed by atoms with Crippen LogP contribution in [0.4, 0.5) is 0 Å². The normalized spacial score (nSPS) is 13.5. The Balaban J connectivity index is 2.74. The Morgan fingerprint density at radius 3 is 3.00 bits per heavy atom. The third-order valence-corrected chi connectivity index (χ3v) is 2.79. The van der Waals surface area contributed by atoms with Crippen molar-refractivity contribution in [2.45, 2.75) is 19.4 Å². The number of rotatable bonds is 2. The predicted octanol–water partition coefficient (Wildman–Crippen LogP) is 2.35. The minimum Gasteiger partial charge on any atom is -0.388 e. The van der Waals surface area contributed by atoms with Crippen LogP contribution >= 0.6 is 27.3 Å². The van der Waals surface area contributed by atoms with Gasteiger partial charge in [0.05, 0.1) is 11.0 Å². The maximum Gasteiger partial charge on any atom is 0.159 e. The number of hydrogen-bond donors (Lipinski definition) is 1. The van der Waals surface area contributed by atoms with E-state index in [2.05, 4.69) is 20.9 Å². The van der Waals surface area contributed by atoms with Crippen LogP contribution in [0, 0.1) is 0 Å². The smallest absolute Gasteiger partial charge is 0.159 e. The molecule has 0 fully saturated rings. The molecule has 4 heteroatoms. The number of aliphatic hydroxyl groups is 1. The van der Waals surface area contributed by atoms with E-state index in [9.17, 15) is 5.11 Å². The van der Waals surface area contributed by atoms with Gasteiger partial charge in [0.25, 0.3) is 0 Å². The van der Waals surface area contributed by atoms with Crippen molar-refractivity contribution in [3.05, 3.63) is 15.0 Å². The van der Waals surface area contributed by atoms with Gasteiger partial charge in [-0.3, -0.25) is 0 Å². The SMILES string of the molecule is CCC(O)c1cnc(Br)s1. The molecule has 1 aromatic heterocycles. The van der Waals surface area contributed by atoms with Gasteiger partial charge in [-0.05, 0) is 22.4 Å². The molecule has 0 aliphatic rings. The van der Waals surface area contributed by atoms with Crippen molar-refractivity contribution >= 4 is 27.3 Å². The minimum absolute atomic E-state index is 0.344. The van der Waals surface area contributed by atoms with Gasteiger partial charge in [-0.2, -0.15) is 0 Å². The largest absolute Gasteiger partial charge is 0.388 e. The van der Waals surface area contributed by atoms with E-state index in [1.54, 1.807) is 6.20 Å². The number of aromatic nitrogens is 1. The lowest BCUT2D eigenvalue weighted by Gasteiger charge is -2.00. The van der Waals surface area contributed by atoms with Crippen molar-refractivity contribution in [3.8, 4) is 0 Å². The van der Waals surface area contributed by atoms with E-state index >= 15 is 0 Å². The molecule has 0 saturated heterocycles. The van der Waals surface area contributed by atoms with E-state index in [1.807, 2.05) is 6.92 Å². The minimum atomic E-state index is -0.344. The summed E-state index contributed by atoms with van der Waals surface area (Å²) in [7, 11) is 0. The van der Waals surface area contributed by atoms with Crippen molar-refractivity contribution in [2.75, 3.05) is 0 Å². The molecular weight excluding hydrogens is 214 g/mol. The zero-order valence-electron chi connectivity index (χ0n) is 5.54. The lowest BCUT2D eigenvalue weighted by Crippen LogP contribution is -1.89. The summed E-state index contributed by atoms with van der Waals surface area (Å²) in [5.41, 5.74) is 0. The van der Waals surface area contributed by atoms with Gasteiger partial charge in [0, 0.05) is 6.20 Å². The molecule has 1 heterocycles. The van der Waals surface area contributed by atoms with Crippen LogP contribution in [0.25, 0.3) is 0 Å². The average molecular weight is 222 g/mol. The first-order chi connectivity index (χ1) is 4.74. The first-order valence-electron chi connectivity index (χ1n) is 3.03. The lowest BCUT2D eigenvalue weighted by molar-refractivity contribution is 0.177. The number of halogens is 1. The summed E-state index contributed by atoms with van der Waals surface area (Å²) in [4.78, 5) is 4.89. The molecule has 2 nitrogen and oxygen atoms in total. The molecule has 0 radical (unpaired) electrons. The molecule has 10 heavy (non-hydrogen) atoms. The van der Waals surface area contributed by atoms with Crippen molar-refractivity contribution in [2.24, 2.45) is 0 Å². The Morgan fingerprint density at radius 2 is 2.60 bits per heavy atom. The average Bonchev–Trinajstić information content (AvgIpc) is 2.34. The Kier molecular flexibility index (Phi) is 2.82. The van der Waals surface area contributed by atoms with E-state index in [0.29, 0.717) is 0 Å². The molecule has 0 aromatic carbocycles. The molecule has 0 aliphatic carbocycles. The van der Waals surface area contributed by atoms with Gasteiger partial charge < -0.3 is 5.11 Å². The van der Waals surface area contributed by atoms with Crippen LogP contribution in [0.2, 0.25) is 0 Å². The third-order valence-electron chi connectivity index (χ3n) is 1.21. The highest BCUT2D eigenvalue weighted by Gasteiger charge is 2.07. The number of thiazole rings is 1. The second-order valence-corrected chi connectivity index (χ2v) is 4.28. The summed E-state index contributed by atoms with van der Waals surface area (Å²) >= 11 is 4.70. The molecule has 1 aromatic rings. The Hall–Kier alpha value is 0.0700. The van der Waals surface area contributed by atoms with Crippen LogP contribution in [-0.4, -0.2) is 10.1 Å². The fourth-order valence-electron chi connectivity index (χ4n) is 0.620. The monoisotopic (exact) mass is 221 g/mol. The fraction of sp³-hybridized carbons (Fsp3) is 0.500. The quantitative estimate of drug-likeness (QED) is 0.833. The Bertz CT molecular complexity index is 213. The van der Waals surface area contributed by atoms with E-state index in [-0.39, 0.29) is 6.10 Å². The Morgan fingerprint density at radius 1 is 1.90 bits per heavy atom. The first-order valence-corrected chi connectivity index (χ1v) is 4.64. The van der Waals surface area contributed by atoms with Crippen LogP contribution in [0.3, 0.4) is 0 Å². The van der Waals surface area contributed by atoms with Crippen molar-refractivity contribution < 1.29 is 5.11 Å². The van der Waals surface area contributed by atoms with E-state index in [0.717, 1.165) is 15.2 Å². The summed E-state index contributed by atoms with van der Waals surface area (Å²) in [5.74, 6) is 0. The second kappa shape index (κ2) is 3.46. The van der Waals surface area contributed by atoms with Crippen molar-refractivity contribution in [1.29, 1.82) is 0 Å². The zero-order valence-corrected chi connectivity index (χ0v) is 7.94. The van der Waals surface area contributed by atoms with Crippen LogP contribution in [-0.2, 0) is 0 Å². The summed E-state index contributed by atoms with van der Waals surface area (Å²) in [5, 5.41) is 9.29. The molecule has 1 atom stereocenters. The first kappa shape index (κ1) is 8.17. The standard InChI is InChI=1S/C6H8BrNOS/c1-2-4(9)5-3-8-6(7)10-5/h3-4,9H,2H2,1H3. The van der Waals surface area contributed by atoms with E-state index < -0.39 is 0 Å². The molecule has 1 rings (SSSR count). The highest BCUT2D eigenvalue weighted by molar-refractivity contribution is 9.11. The highest BCUT2D eigenvalue weighted by Crippen LogP contribution is 2.25. The van der Waals surface area contributed by atoms with Crippen molar-refractivity contribution in [1.82, 2.24) is 4.98 Å². The summed E-state index contributed by atoms with van der Waals surface area (Å²) in [6.07, 6.45) is 2.10. The van der Waals surface area contributed by atoms with Gasteiger partial charge in [-0.25, -0.2) is 4.98 Å². The summed E-state index contributed by atoms with van der Waals surface area (Å²) < 4.78 is 0.829. The molecule has 56 valence electrons. The molecule has 1 unspecified atom stereocenters. The van der Waals surface area contributed by atoms with Crippen molar-refractivity contribution in [3.63, 3.8) is 0 Å². The number of nitrogens with zero attached hydrogens (tertiary/aromatic N) is 1. The molecule has 0 bridgehead atoms. The summed E-state index contributed by atoms with van der Waals surface area (Å²) in [6.45, 7) is 1.94. The van der Waals surface area contributed by atoms with E-state index in [1.165, 1.54) is 11.3 Å². The third kappa shape index (κ3) is 1.78. The molecule has 0 spiro atoms. The van der Waals surface area contributed by atoms with Crippen LogP contribution in [0.5, 0.6) is 0 Å². The maximum absolute atomic E-state index is 9.29. The predicted molar refractivity (Wildman–Crippen MR) is 45.1 cm³/mol. The highest BCUT2D eigenvalue weighted by atomic mass is 79.9. The molecule has 0 saturated carbocycles. The van der Waals surface area contributed by atoms with Gasteiger partial charge in [0.1, 0.15) is 0 Å². The van der Waals surface area contributed by atoms with E-state index in [4.69, 9.17) is 0 Å². The van der Waals surface area contributed by atoms with Crippen LogP contribution in [0.1, 0.15) is 24.3 Å². The van der Waals surface area contributed by atoms with Gasteiger partial charge in [0.2, 0.25) is 0 Å². The zero-order chi connectivity index (χ0) is 7.56. The van der Waals surface area contributed by atoms with Gasteiger partial charge in [-0.15, -0.1) is 11.3 Å². The molecule has 1 N–H and O–H groups in total. The fourth-order valence-corrected chi connectivity index (χ4v) is 1.99. The number of hydrogen-bond acceptors (Lipinski definition) is 3. The maximum atomic E-state index is 9.29. The summed E-state index contributed by atoms with van der Waals surface area (Å²) in [6, 6.07) is 0.